The maximum absolute atomic E-state index is 12.6. The van der Waals surface area contributed by atoms with E-state index in [0.29, 0.717) is 22.7 Å². The van der Waals surface area contributed by atoms with Crippen LogP contribution in [0.2, 0.25) is 0 Å². The highest BCUT2D eigenvalue weighted by molar-refractivity contribution is 7.16. The molecular weight excluding hydrogens is 354 g/mol. The Labute approximate surface area is 153 Å². The van der Waals surface area contributed by atoms with E-state index in [1.807, 2.05) is 11.5 Å². The lowest BCUT2D eigenvalue weighted by atomic mass is 10.2. The molecule has 0 aliphatic rings. The van der Waals surface area contributed by atoms with E-state index in [9.17, 15) is 14.9 Å². The van der Waals surface area contributed by atoms with E-state index in [1.54, 1.807) is 30.3 Å². The van der Waals surface area contributed by atoms with Crippen LogP contribution in [0, 0.1) is 10.1 Å². The van der Waals surface area contributed by atoms with Gasteiger partial charge in [-0.25, -0.2) is 0 Å². The quantitative estimate of drug-likeness (QED) is 0.504. The Hall–Kier alpha value is -3.00. The topological polar surface area (TPSA) is 86.7 Å². The molecular formula is C18H17N3O4S. The van der Waals surface area contributed by atoms with Gasteiger partial charge in [-0.3, -0.25) is 14.9 Å². The summed E-state index contributed by atoms with van der Waals surface area (Å²) in [6.07, 6.45) is 0.851. The average Bonchev–Trinajstić information content (AvgIpc) is 2.98. The van der Waals surface area contributed by atoms with E-state index in [1.165, 1.54) is 30.6 Å². The van der Waals surface area contributed by atoms with Crippen LogP contribution in [0.1, 0.15) is 23.7 Å². The van der Waals surface area contributed by atoms with Crippen molar-refractivity contribution in [2.24, 2.45) is 4.99 Å². The highest BCUT2D eigenvalue weighted by Gasteiger charge is 2.13. The van der Waals surface area contributed by atoms with Crippen molar-refractivity contribution in [2.45, 2.75) is 19.9 Å². The molecule has 0 saturated heterocycles. The number of hydrogen-bond acceptors (Lipinski definition) is 5. The van der Waals surface area contributed by atoms with Crippen LogP contribution >= 0.6 is 11.3 Å². The summed E-state index contributed by atoms with van der Waals surface area (Å²) in [5.41, 5.74) is 1.28. The predicted octanol–water partition coefficient (Wildman–Crippen LogP) is 3.77. The number of ether oxygens (including phenoxy) is 1. The van der Waals surface area contributed by atoms with Crippen molar-refractivity contribution >= 4 is 33.1 Å². The molecule has 1 heterocycles. The second-order valence-corrected chi connectivity index (χ2v) is 6.60. The number of nitro groups is 1. The highest BCUT2D eigenvalue weighted by atomic mass is 32.1. The number of hydrogen-bond donors (Lipinski definition) is 0. The molecule has 0 fully saturated rings. The van der Waals surface area contributed by atoms with Crippen LogP contribution in [0.15, 0.2) is 47.5 Å². The Bertz CT molecular complexity index is 1050. The van der Waals surface area contributed by atoms with Gasteiger partial charge in [0.1, 0.15) is 5.75 Å². The minimum Gasteiger partial charge on any atom is -0.497 e. The second kappa shape index (κ2) is 7.49. The molecule has 26 heavy (non-hydrogen) atoms. The number of carbonyl (C=O) groups excluding carboxylic acids is 1. The molecule has 2 aromatic carbocycles. The summed E-state index contributed by atoms with van der Waals surface area (Å²) in [6, 6.07) is 11.5. The number of carbonyl (C=O) groups is 1. The molecule has 0 N–H and O–H groups in total. The van der Waals surface area contributed by atoms with E-state index in [2.05, 4.69) is 4.99 Å². The number of benzene rings is 2. The van der Waals surface area contributed by atoms with Gasteiger partial charge in [0.15, 0.2) is 4.80 Å². The van der Waals surface area contributed by atoms with Crippen LogP contribution in [0.3, 0.4) is 0 Å². The molecule has 0 atom stereocenters. The van der Waals surface area contributed by atoms with E-state index in [-0.39, 0.29) is 11.6 Å². The summed E-state index contributed by atoms with van der Waals surface area (Å²) in [6.45, 7) is 2.69. The molecule has 0 spiro atoms. The summed E-state index contributed by atoms with van der Waals surface area (Å²) >= 11 is 1.27. The Morgan fingerprint density at radius 2 is 2.12 bits per heavy atom. The fraction of sp³-hybridized carbons (Fsp3) is 0.222. The molecule has 7 nitrogen and oxygen atoms in total. The van der Waals surface area contributed by atoms with Gasteiger partial charge in [-0.05, 0) is 30.7 Å². The first kappa shape index (κ1) is 17.8. The molecule has 0 aliphatic heterocycles. The van der Waals surface area contributed by atoms with Crippen molar-refractivity contribution in [3.8, 4) is 5.75 Å². The Kier molecular flexibility index (Phi) is 5.13. The summed E-state index contributed by atoms with van der Waals surface area (Å²) < 4.78 is 7.79. The third kappa shape index (κ3) is 3.50. The van der Waals surface area contributed by atoms with Gasteiger partial charge in [-0.2, -0.15) is 4.99 Å². The van der Waals surface area contributed by atoms with Crippen LogP contribution in [-0.4, -0.2) is 22.5 Å². The Balaban J connectivity index is 2.12. The van der Waals surface area contributed by atoms with Gasteiger partial charge < -0.3 is 9.30 Å². The second-order valence-electron chi connectivity index (χ2n) is 5.59. The fourth-order valence-corrected chi connectivity index (χ4v) is 3.70. The van der Waals surface area contributed by atoms with Crippen molar-refractivity contribution in [1.82, 2.24) is 4.57 Å². The molecule has 1 aromatic heterocycles. The minimum atomic E-state index is -0.429. The number of methoxy groups -OCH3 is 1. The van der Waals surface area contributed by atoms with Gasteiger partial charge in [0.25, 0.3) is 11.6 Å². The summed E-state index contributed by atoms with van der Waals surface area (Å²) in [5.74, 6) is 0.203. The zero-order valence-corrected chi connectivity index (χ0v) is 15.2. The molecule has 3 aromatic rings. The van der Waals surface area contributed by atoms with E-state index >= 15 is 0 Å². The van der Waals surface area contributed by atoms with Crippen LogP contribution in [0.4, 0.5) is 5.69 Å². The molecule has 134 valence electrons. The number of thiazole rings is 1. The van der Waals surface area contributed by atoms with Crippen LogP contribution in [0.25, 0.3) is 10.2 Å². The first-order chi connectivity index (χ1) is 12.5. The average molecular weight is 371 g/mol. The van der Waals surface area contributed by atoms with Gasteiger partial charge in [0.2, 0.25) is 0 Å². The zero-order valence-electron chi connectivity index (χ0n) is 14.3. The van der Waals surface area contributed by atoms with Crippen LogP contribution in [-0.2, 0) is 6.54 Å². The van der Waals surface area contributed by atoms with Gasteiger partial charge in [-0.1, -0.05) is 24.3 Å². The van der Waals surface area contributed by atoms with Crippen LogP contribution < -0.4 is 9.54 Å². The number of aromatic nitrogens is 1. The molecule has 1 amide bonds. The number of nitrogens with zero attached hydrogens (tertiary/aromatic N) is 3. The third-order valence-electron chi connectivity index (χ3n) is 3.84. The number of non-ortho nitro benzene ring substituents is 1. The monoisotopic (exact) mass is 371 g/mol. The maximum Gasteiger partial charge on any atom is 0.279 e. The Morgan fingerprint density at radius 3 is 2.81 bits per heavy atom. The van der Waals surface area contributed by atoms with Crippen LogP contribution in [0.5, 0.6) is 5.75 Å². The lowest BCUT2D eigenvalue weighted by Gasteiger charge is -2.03. The molecule has 0 aliphatic carbocycles. The van der Waals surface area contributed by atoms with Gasteiger partial charge in [0, 0.05) is 24.2 Å². The first-order valence-electron chi connectivity index (χ1n) is 8.04. The molecule has 0 unspecified atom stereocenters. The number of rotatable bonds is 5. The maximum atomic E-state index is 12.6. The van der Waals surface area contributed by atoms with Crippen molar-refractivity contribution in [3.63, 3.8) is 0 Å². The summed E-state index contributed by atoms with van der Waals surface area (Å²) in [4.78, 5) is 27.9. The molecule has 0 bridgehead atoms. The largest absolute Gasteiger partial charge is 0.497 e. The van der Waals surface area contributed by atoms with E-state index < -0.39 is 4.92 Å². The summed E-state index contributed by atoms with van der Waals surface area (Å²) in [5, 5.41) is 11.0. The third-order valence-corrected chi connectivity index (χ3v) is 4.88. The zero-order chi connectivity index (χ0) is 18.7. The minimum absolute atomic E-state index is 0.0214. The van der Waals surface area contributed by atoms with Gasteiger partial charge >= 0.3 is 0 Å². The lowest BCUT2D eigenvalue weighted by molar-refractivity contribution is -0.384. The van der Waals surface area contributed by atoms with Crippen molar-refractivity contribution < 1.29 is 14.5 Å². The fourth-order valence-electron chi connectivity index (χ4n) is 2.61. The normalized spacial score (nSPS) is 11.7. The van der Waals surface area contributed by atoms with Crippen molar-refractivity contribution in [1.29, 1.82) is 0 Å². The van der Waals surface area contributed by atoms with Crippen molar-refractivity contribution in [3.05, 3.63) is 62.9 Å². The molecule has 0 saturated carbocycles. The molecule has 3 rings (SSSR count). The van der Waals surface area contributed by atoms with Crippen molar-refractivity contribution in [2.75, 3.05) is 7.11 Å². The SMILES string of the molecule is CCCn1c(=NC(=O)c2cccc(OC)c2)sc2cc([N+](=O)[O-])ccc21. The highest BCUT2D eigenvalue weighted by Crippen LogP contribution is 2.23. The number of amides is 1. The number of fused-ring (bicyclic) bond motifs is 1. The standard InChI is InChI=1S/C18H17N3O4S/c1-3-9-20-15-8-7-13(21(23)24)11-16(15)26-18(20)19-17(22)12-5-4-6-14(10-12)25-2/h4-8,10-11H,3,9H2,1-2H3. The van der Waals surface area contributed by atoms with Gasteiger partial charge in [0.05, 0.1) is 22.2 Å². The number of nitro benzene ring substituents is 1. The molecule has 0 radical (unpaired) electrons. The lowest BCUT2D eigenvalue weighted by Crippen LogP contribution is -2.16. The molecule has 8 heteroatoms. The van der Waals surface area contributed by atoms with E-state index in [0.717, 1.165) is 16.6 Å². The first-order valence-corrected chi connectivity index (χ1v) is 8.86. The summed E-state index contributed by atoms with van der Waals surface area (Å²) in [7, 11) is 1.54. The van der Waals surface area contributed by atoms with Gasteiger partial charge in [-0.15, -0.1) is 0 Å². The Morgan fingerprint density at radius 1 is 1.31 bits per heavy atom. The van der Waals surface area contributed by atoms with E-state index in [4.69, 9.17) is 4.74 Å². The predicted molar refractivity (Wildman–Crippen MR) is 99.6 cm³/mol. The smallest absolute Gasteiger partial charge is 0.279 e. The number of aryl methyl sites for hydroxylation is 1.